The Bertz CT molecular complexity index is 616. The summed E-state index contributed by atoms with van der Waals surface area (Å²) >= 11 is 0. The molecule has 2 rings (SSSR count). The summed E-state index contributed by atoms with van der Waals surface area (Å²) in [5.74, 6) is -0.359. The molecule has 1 aromatic heterocycles. The summed E-state index contributed by atoms with van der Waals surface area (Å²) in [6.45, 7) is 0. The molecule has 102 valence electrons. The van der Waals surface area contributed by atoms with E-state index in [4.69, 9.17) is 0 Å². The van der Waals surface area contributed by atoms with E-state index in [1.165, 1.54) is 18.2 Å². The van der Waals surface area contributed by atoms with Crippen molar-refractivity contribution >= 4 is 11.9 Å². The number of aromatic nitrogens is 1. The highest BCUT2D eigenvalue weighted by Gasteiger charge is 2.30. The highest BCUT2D eigenvalue weighted by atomic mass is 19.4. The van der Waals surface area contributed by atoms with Gasteiger partial charge in [-0.2, -0.15) is 13.2 Å². The van der Waals surface area contributed by atoms with E-state index in [9.17, 15) is 18.0 Å². The molecule has 5 heteroatoms. The van der Waals surface area contributed by atoms with Crippen molar-refractivity contribution in [3.05, 3.63) is 71.6 Å². The molecule has 0 radical (unpaired) electrons. The molecule has 1 aromatic carbocycles. The molecule has 2 nitrogen and oxygen atoms in total. The number of pyridine rings is 1. The lowest BCUT2D eigenvalue weighted by Crippen LogP contribution is -2.05. The van der Waals surface area contributed by atoms with Gasteiger partial charge >= 0.3 is 6.18 Å². The van der Waals surface area contributed by atoms with Crippen molar-refractivity contribution in [2.75, 3.05) is 0 Å². The Morgan fingerprint density at radius 1 is 1.10 bits per heavy atom. The number of allylic oxidation sites excluding steroid dienone is 1. The van der Waals surface area contributed by atoms with Crippen LogP contribution in [0, 0.1) is 0 Å². The second kappa shape index (κ2) is 5.69. The Morgan fingerprint density at radius 3 is 2.35 bits per heavy atom. The topological polar surface area (TPSA) is 30.0 Å². The van der Waals surface area contributed by atoms with Crippen LogP contribution in [0.2, 0.25) is 0 Å². The number of hydrogen-bond donors (Lipinski definition) is 0. The zero-order valence-electron chi connectivity index (χ0n) is 10.3. The quantitative estimate of drug-likeness (QED) is 0.627. The van der Waals surface area contributed by atoms with Crippen LogP contribution in [0.4, 0.5) is 13.2 Å². The summed E-state index contributed by atoms with van der Waals surface area (Å²) in [5, 5.41) is 0. The lowest BCUT2D eigenvalue weighted by atomic mass is 10.1. The van der Waals surface area contributed by atoms with E-state index >= 15 is 0 Å². The van der Waals surface area contributed by atoms with Crippen molar-refractivity contribution in [1.82, 2.24) is 4.98 Å². The molecule has 0 saturated heterocycles. The average molecular weight is 277 g/mol. The Labute approximate surface area is 113 Å². The molecule has 1 heterocycles. The van der Waals surface area contributed by atoms with Gasteiger partial charge in [-0.25, -0.2) is 0 Å². The average Bonchev–Trinajstić information content (AvgIpc) is 2.45. The van der Waals surface area contributed by atoms with Crippen LogP contribution in [0.1, 0.15) is 21.5 Å². The third-order valence-corrected chi connectivity index (χ3v) is 2.61. The fourth-order valence-corrected chi connectivity index (χ4v) is 1.57. The Morgan fingerprint density at radius 2 is 1.80 bits per heavy atom. The van der Waals surface area contributed by atoms with Gasteiger partial charge in [-0.1, -0.05) is 18.2 Å². The van der Waals surface area contributed by atoms with Gasteiger partial charge in [-0.15, -0.1) is 0 Å². The SMILES string of the molecule is O=C(/C=C/c1cccnc1)c1ccc(C(F)(F)F)cc1. The van der Waals surface area contributed by atoms with Gasteiger partial charge in [0.15, 0.2) is 5.78 Å². The molecule has 0 saturated carbocycles. The summed E-state index contributed by atoms with van der Waals surface area (Å²) in [6, 6.07) is 7.61. The van der Waals surface area contributed by atoms with Gasteiger partial charge in [-0.05, 0) is 35.9 Å². The number of rotatable bonds is 3. The van der Waals surface area contributed by atoms with Gasteiger partial charge in [0.25, 0.3) is 0 Å². The lowest BCUT2D eigenvalue weighted by molar-refractivity contribution is -0.137. The number of nitrogens with zero attached hydrogens (tertiary/aromatic N) is 1. The summed E-state index contributed by atoms with van der Waals surface area (Å²) in [6.07, 6.45) is 1.66. The van der Waals surface area contributed by atoms with Crippen LogP contribution in [0.25, 0.3) is 6.08 Å². The normalized spacial score (nSPS) is 11.8. The molecule has 0 N–H and O–H groups in total. The Kier molecular flexibility index (Phi) is 3.98. The molecule has 0 aliphatic heterocycles. The maximum Gasteiger partial charge on any atom is 0.416 e. The van der Waals surface area contributed by atoms with Crippen molar-refractivity contribution in [3.63, 3.8) is 0 Å². The van der Waals surface area contributed by atoms with Gasteiger partial charge in [0.1, 0.15) is 0 Å². The summed E-state index contributed by atoms with van der Waals surface area (Å²) in [7, 11) is 0. The fraction of sp³-hybridized carbons (Fsp3) is 0.0667. The number of alkyl halides is 3. The maximum atomic E-state index is 12.4. The van der Waals surface area contributed by atoms with Crippen LogP contribution < -0.4 is 0 Å². The molecule has 0 atom stereocenters. The highest BCUT2D eigenvalue weighted by molar-refractivity contribution is 6.06. The predicted molar refractivity (Wildman–Crippen MR) is 69.0 cm³/mol. The first-order valence-electron chi connectivity index (χ1n) is 5.76. The number of halogens is 3. The summed E-state index contributed by atoms with van der Waals surface area (Å²) in [5.41, 5.74) is 0.177. The standard InChI is InChI=1S/C15H10F3NO/c16-15(17,18)13-6-4-12(5-7-13)14(20)8-3-11-2-1-9-19-10-11/h1-10H/b8-3+. The molecule has 20 heavy (non-hydrogen) atoms. The monoisotopic (exact) mass is 277 g/mol. The zero-order chi connectivity index (χ0) is 14.6. The second-order valence-corrected chi connectivity index (χ2v) is 4.06. The third kappa shape index (κ3) is 3.54. The number of ketones is 1. The Balaban J connectivity index is 2.12. The minimum atomic E-state index is -4.40. The van der Waals surface area contributed by atoms with Gasteiger partial charge in [0.2, 0.25) is 0 Å². The minimum Gasteiger partial charge on any atom is -0.289 e. The molecule has 0 spiro atoms. The van der Waals surface area contributed by atoms with Crippen molar-refractivity contribution in [3.8, 4) is 0 Å². The van der Waals surface area contributed by atoms with E-state index < -0.39 is 11.7 Å². The number of carbonyl (C=O) groups excluding carboxylic acids is 1. The van der Waals surface area contributed by atoms with Crippen molar-refractivity contribution in [1.29, 1.82) is 0 Å². The lowest BCUT2D eigenvalue weighted by Gasteiger charge is -2.06. The highest BCUT2D eigenvalue weighted by Crippen LogP contribution is 2.29. The van der Waals surface area contributed by atoms with Crippen LogP contribution >= 0.6 is 0 Å². The van der Waals surface area contributed by atoms with Crippen molar-refractivity contribution < 1.29 is 18.0 Å². The molecular weight excluding hydrogens is 267 g/mol. The second-order valence-electron chi connectivity index (χ2n) is 4.06. The van der Waals surface area contributed by atoms with Crippen LogP contribution in [0.15, 0.2) is 54.9 Å². The molecule has 0 aliphatic carbocycles. The minimum absolute atomic E-state index is 0.207. The smallest absolute Gasteiger partial charge is 0.289 e. The van der Waals surface area contributed by atoms with Crippen LogP contribution in [0.3, 0.4) is 0 Å². The maximum absolute atomic E-state index is 12.4. The van der Waals surface area contributed by atoms with Gasteiger partial charge in [0, 0.05) is 18.0 Å². The fourth-order valence-electron chi connectivity index (χ4n) is 1.57. The number of carbonyl (C=O) groups is 1. The first-order valence-corrected chi connectivity index (χ1v) is 5.76. The van der Waals surface area contributed by atoms with Crippen LogP contribution in [-0.2, 0) is 6.18 Å². The molecule has 0 aliphatic rings. The first kappa shape index (κ1) is 14.0. The molecule has 2 aromatic rings. The van der Waals surface area contributed by atoms with Crippen LogP contribution in [-0.4, -0.2) is 10.8 Å². The largest absolute Gasteiger partial charge is 0.416 e. The molecule has 0 amide bonds. The van der Waals surface area contributed by atoms with E-state index in [0.717, 1.165) is 17.7 Å². The van der Waals surface area contributed by atoms with Crippen molar-refractivity contribution in [2.24, 2.45) is 0 Å². The van der Waals surface area contributed by atoms with Gasteiger partial charge in [0.05, 0.1) is 5.56 Å². The molecular formula is C15H10F3NO. The third-order valence-electron chi connectivity index (χ3n) is 2.61. The van der Waals surface area contributed by atoms with Crippen molar-refractivity contribution in [2.45, 2.75) is 6.18 Å². The van der Waals surface area contributed by atoms with Gasteiger partial charge < -0.3 is 0 Å². The molecule has 0 bridgehead atoms. The number of benzene rings is 1. The van der Waals surface area contributed by atoms with E-state index in [-0.39, 0.29) is 11.3 Å². The number of hydrogen-bond acceptors (Lipinski definition) is 2. The van der Waals surface area contributed by atoms with E-state index in [2.05, 4.69) is 4.98 Å². The van der Waals surface area contributed by atoms with Gasteiger partial charge in [-0.3, -0.25) is 9.78 Å². The van der Waals surface area contributed by atoms with Crippen LogP contribution in [0.5, 0.6) is 0 Å². The van der Waals surface area contributed by atoms with E-state index in [1.807, 2.05) is 0 Å². The van der Waals surface area contributed by atoms with E-state index in [1.54, 1.807) is 30.6 Å². The zero-order valence-corrected chi connectivity index (χ0v) is 10.3. The van der Waals surface area contributed by atoms with E-state index in [0.29, 0.717) is 0 Å². The summed E-state index contributed by atoms with van der Waals surface area (Å²) < 4.78 is 37.2. The Hall–Kier alpha value is -2.43. The molecule has 0 unspecified atom stereocenters. The predicted octanol–water partition coefficient (Wildman–Crippen LogP) is 4.00. The molecule has 0 fully saturated rings. The first-order chi connectivity index (χ1) is 9.47. The summed E-state index contributed by atoms with van der Waals surface area (Å²) in [4.78, 5) is 15.7.